The van der Waals surface area contributed by atoms with Gasteiger partial charge < -0.3 is 20.3 Å². The molecule has 2 N–H and O–H groups in total. The number of ether oxygens (including phenoxy) is 1. The highest BCUT2D eigenvalue weighted by Crippen LogP contribution is 2.27. The Labute approximate surface area is 206 Å². The highest BCUT2D eigenvalue weighted by Gasteiger charge is 2.46. The van der Waals surface area contributed by atoms with Gasteiger partial charge in [0.25, 0.3) is 11.8 Å². The fraction of sp³-hybridized carbons (Fsp3) is 0.538. The van der Waals surface area contributed by atoms with Crippen molar-refractivity contribution in [2.45, 2.75) is 77.0 Å². The summed E-state index contributed by atoms with van der Waals surface area (Å²) in [6, 6.07) is 9.13. The van der Waals surface area contributed by atoms with E-state index in [9.17, 15) is 14.4 Å². The molecule has 2 aromatic rings. The Morgan fingerprint density at radius 1 is 1.17 bits per heavy atom. The topological polar surface area (TPSA) is 106 Å². The van der Waals surface area contributed by atoms with E-state index >= 15 is 0 Å². The lowest BCUT2D eigenvalue weighted by Crippen LogP contribution is -2.63. The summed E-state index contributed by atoms with van der Waals surface area (Å²) < 4.78 is 7.10. The number of aromatic nitrogens is 2. The summed E-state index contributed by atoms with van der Waals surface area (Å²) in [5, 5.41) is 10.4. The van der Waals surface area contributed by atoms with E-state index in [1.807, 2.05) is 31.2 Å². The Kier molecular flexibility index (Phi) is 7.42. The molecule has 1 aliphatic heterocycles. The van der Waals surface area contributed by atoms with Crippen molar-refractivity contribution in [1.29, 1.82) is 0 Å². The summed E-state index contributed by atoms with van der Waals surface area (Å²) in [4.78, 5) is 40.8. The van der Waals surface area contributed by atoms with Crippen LogP contribution in [0.4, 0.5) is 0 Å². The quantitative estimate of drug-likeness (QED) is 0.592. The van der Waals surface area contributed by atoms with E-state index in [1.165, 1.54) is 28.5 Å². The molecule has 1 aromatic carbocycles. The van der Waals surface area contributed by atoms with Crippen molar-refractivity contribution >= 4 is 17.7 Å². The third kappa shape index (κ3) is 5.18. The summed E-state index contributed by atoms with van der Waals surface area (Å²) in [6.45, 7) is 4.65. The van der Waals surface area contributed by atoms with Crippen LogP contribution in [0.5, 0.6) is 5.75 Å². The molecular weight excluding hydrogens is 446 g/mol. The number of fused-ring (bicyclic) bond motifs is 1. The van der Waals surface area contributed by atoms with Crippen molar-refractivity contribution < 1.29 is 19.1 Å². The summed E-state index contributed by atoms with van der Waals surface area (Å²) in [6.07, 6.45) is 6.52. The molecule has 0 saturated heterocycles. The number of hydrogen-bond acceptors (Lipinski definition) is 5. The second-order valence-corrected chi connectivity index (χ2v) is 9.60. The standard InChI is InChI=1S/C26H35N5O4/c1-4-35-22-14-10-9-11-18(22)16-27-23(32)20-15-21-24(33)30(3)26(2,17-31(21)29-20)25(34)28-19-12-7-5-6-8-13-19/h9-11,14-15,19H,4-8,12-13,16-17H2,1-3H3,(H,27,32)(H,28,34)/t26-/m0/s1. The lowest BCUT2D eigenvalue weighted by molar-refractivity contribution is -0.133. The van der Waals surface area contributed by atoms with Gasteiger partial charge in [-0.3, -0.25) is 19.1 Å². The smallest absolute Gasteiger partial charge is 0.272 e. The molecule has 35 heavy (non-hydrogen) atoms. The second-order valence-electron chi connectivity index (χ2n) is 9.60. The molecule has 0 bridgehead atoms. The molecule has 188 valence electrons. The third-order valence-electron chi connectivity index (χ3n) is 7.13. The van der Waals surface area contributed by atoms with E-state index < -0.39 is 11.4 Å². The molecule has 1 aromatic heterocycles. The van der Waals surface area contributed by atoms with Gasteiger partial charge in [0.15, 0.2) is 5.69 Å². The van der Waals surface area contributed by atoms with Gasteiger partial charge >= 0.3 is 0 Å². The van der Waals surface area contributed by atoms with E-state index in [4.69, 9.17) is 4.74 Å². The molecule has 1 atom stereocenters. The highest BCUT2D eigenvalue weighted by atomic mass is 16.5. The average Bonchev–Trinajstić information content (AvgIpc) is 3.10. The predicted molar refractivity (Wildman–Crippen MR) is 131 cm³/mol. The lowest BCUT2D eigenvalue weighted by atomic mass is 9.95. The maximum absolute atomic E-state index is 13.3. The van der Waals surface area contributed by atoms with Crippen molar-refractivity contribution in [3.05, 3.63) is 47.3 Å². The van der Waals surface area contributed by atoms with Gasteiger partial charge in [-0.2, -0.15) is 5.10 Å². The largest absolute Gasteiger partial charge is 0.494 e. The van der Waals surface area contributed by atoms with Crippen molar-refractivity contribution in [2.75, 3.05) is 13.7 Å². The molecule has 2 heterocycles. The zero-order chi connectivity index (χ0) is 25.0. The summed E-state index contributed by atoms with van der Waals surface area (Å²) in [7, 11) is 1.63. The van der Waals surface area contributed by atoms with Crippen LogP contribution in [-0.2, 0) is 17.9 Å². The summed E-state index contributed by atoms with van der Waals surface area (Å²) >= 11 is 0. The zero-order valence-electron chi connectivity index (χ0n) is 20.8. The molecular formula is C26H35N5O4. The number of nitrogens with zero attached hydrogens (tertiary/aromatic N) is 3. The second kappa shape index (κ2) is 10.5. The number of amides is 3. The van der Waals surface area contributed by atoms with Gasteiger partial charge in [-0.05, 0) is 32.8 Å². The summed E-state index contributed by atoms with van der Waals surface area (Å²) in [5.41, 5.74) is 0.202. The molecule has 0 radical (unpaired) electrons. The maximum atomic E-state index is 13.3. The van der Waals surface area contributed by atoms with Gasteiger partial charge in [-0.25, -0.2) is 0 Å². The molecule has 1 saturated carbocycles. The van der Waals surface area contributed by atoms with E-state index in [1.54, 1.807) is 14.0 Å². The van der Waals surface area contributed by atoms with Crippen LogP contribution in [0.3, 0.4) is 0 Å². The zero-order valence-corrected chi connectivity index (χ0v) is 20.8. The van der Waals surface area contributed by atoms with Gasteiger partial charge in [0.05, 0.1) is 13.2 Å². The first kappa shape index (κ1) is 24.8. The van der Waals surface area contributed by atoms with Crippen molar-refractivity contribution in [1.82, 2.24) is 25.3 Å². The maximum Gasteiger partial charge on any atom is 0.272 e. The molecule has 0 unspecified atom stereocenters. The van der Waals surface area contributed by atoms with Crippen LogP contribution in [0.2, 0.25) is 0 Å². The first-order valence-corrected chi connectivity index (χ1v) is 12.5. The van der Waals surface area contributed by atoms with Crippen LogP contribution < -0.4 is 15.4 Å². The number of hydrogen-bond donors (Lipinski definition) is 2. The van der Waals surface area contributed by atoms with Crippen molar-refractivity contribution in [3.8, 4) is 5.75 Å². The normalized spacial score (nSPS) is 20.7. The van der Waals surface area contributed by atoms with E-state index in [2.05, 4.69) is 15.7 Å². The lowest BCUT2D eigenvalue weighted by Gasteiger charge is -2.41. The van der Waals surface area contributed by atoms with Gasteiger partial charge in [0, 0.05) is 31.3 Å². The van der Waals surface area contributed by atoms with Crippen LogP contribution >= 0.6 is 0 Å². The molecule has 1 aliphatic carbocycles. The first-order valence-electron chi connectivity index (χ1n) is 12.5. The van der Waals surface area contributed by atoms with Crippen molar-refractivity contribution in [2.24, 2.45) is 0 Å². The minimum atomic E-state index is -1.09. The van der Waals surface area contributed by atoms with Crippen LogP contribution in [-0.4, -0.2) is 57.6 Å². The monoisotopic (exact) mass is 481 g/mol. The van der Waals surface area contributed by atoms with Crippen LogP contribution in [0.25, 0.3) is 0 Å². The number of nitrogens with one attached hydrogen (secondary N) is 2. The number of carbonyl (C=O) groups excluding carboxylic acids is 3. The minimum absolute atomic E-state index is 0.130. The predicted octanol–water partition coefficient (Wildman–Crippen LogP) is 2.90. The minimum Gasteiger partial charge on any atom is -0.494 e. The number of rotatable bonds is 7. The Morgan fingerprint density at radius 2 is 1.89 bits per heavy atom. The summed E-state index contributed by atoms with van der Waals surface area (Å²) in [5.74, 6) is -0.187. The van der Waals surface area contributed by atoms with E-state index in [-0.39, 0.29) is 36.6 Å². The molecule has 2 aliphatic rings. The highest BCUT2D eigenvalue weighted by molar-refractivity contribution is 6.01. The fourth-order valence-electron chi connectivity index (χ4n) is 4.82. The Hall–Kier alpha value is -3.36. The molecule has 4 rings (SSSR count). The van der Waals surface area contributed by atoms with Crippen molar-refractivity contribution in [3.63, 3.8) is 0 Å². The fourth-order valence-corrected chi connectivity index (χ4v) is 4.82. The Balaban J connectivity index is 1.47. The molecule has 9 heteroatoms. The van der Waals surface area contributed by atoms with Crippen LogP contribution in [0, 0.1) is 0 Å². The Bertz CT molecular complexity index is 1090. The molecule has 9 nitrogen and oxygen atoms in total. The van der Waals surface area contributed by atoms with Gasteiger partial charge in [-0.1, -0.05) is 43.9 Å². The van der Waals surface area contributed by atoms with Gasteiger partial charge in [0.1, 0.15) is 17.0 Å². The number of benzene rings is 1. The Morgan fingerprint density at radius 3 is 2.60 bits per heavy atom. The number of likely N-dealkylation sites (N-methyl/N-ethyl adjacent to an activating group) is 1. The van der Waals surface area contributed by atoms with E-state index in [0.29, 0.717) is 18.1 Å². The van der Waals surface area contributed by atoms with Gasteiger partial charge in [0.2, 0.25) is 5.91 Å². The van der Waals surface area contributed by atoms with E-state index in [0.717, 1.165) is 31.2 Å². The average molecular weight is 482 g/mol. The molecule has 3 amide bonds. The SMILES string of the molecule is CCOc1ccccc1CNC(=O)c1cc2n(n1)C[C@@](C)(C(=O)NC1CCCCCC1)N(C)C2=O. The number of para-hydroxylation sites is 1. The van der Waals surface area contributed by atoms with Crippen LogP contribution in [0.1, 0.15) is 78.9 Å². The molecule has 0 spiro atoms. The van der Waals surface area contributed by atoms with Gasteiger partial charge in [-0.15, -0.1) is 0 Å². The molecule has 1 fully saturated rings. The number of carbonyl (C=O) groups is 3. The first-order chi connectivity index (χ1) is 16.8. The van der Waals surface area contributed by atoms with Crippen LogP contribution in [0.15, 0.2) is 30.3 Å². The third-order valence-corrected chi connectivity index (χ3v) is 7.13.